The fourth-order valence-corrected chi connectivity index (χ4v) is 4.19. The van der Waals surface area contributed by atoms with Gasteiger partial charge in [-0.1, -0.05) is 18.0 Å². The molecule has 1 N–H and O–H groups in total. The maximum atomic E-state index is 12.4. The third-order valence-electron chi connectivity index (χ3n) is 4.58. The number of hydrogen-bond donors (Lipinski definition) is 1. The largest absolute Gasteiger partial charge is 0.452 e. The third-order valence-corrected chi connectivity index (χ3v) is 5.61. The highest BCUT2D eigenvalue weighted by Gasteiger charge is 2.20. The molecule has 3 rings (SSSR count). The monoisotopic (exact) mass is 389 g/mol. The van der Waals surface area contributed by atoms with Crippen LogP contribution in [0.5, 0.6) is 0 Å². The van der Waals surface area contributed by atoms with Gasteiger partial charge in [-0.05, 0) is 38.8 Å². The van der Waals surface area contributed by atoms with E-state index in [4.69, 9.17) is 9.26 Å². The van der Waals surface area contributed by atoms with E-state index in [1.807, 2.05) is 13.8 Å². The SMILES string of the molecule is Cc1noc(C)c1CSc1ncccc1C(=O)OCC(=O)NC1CCCC1. The molecule has 1 aliphatic carbocycles. The van der Waals surface area contributed by atoms with Crippen LogP contribution in [-0.2, 0) is 15.3 Å². The molecule has 0 atom stereocenters. The lowest BCUT2D eigenvalue weighted by Gasteiger charge is -2.12. The molecule has 2 aromatic heterocycles. The van der Waals surface area contributed by atoms with Gasteiger partial charge in [0, 0.05) is 23.6 Å². The van der Waals surface area contributed by atoms with E-state index in [2.05, 4.69) is 15.5 Å². The Morgan fingerprint density at radius 3 is 2.81 bits per heavy atom. The van der Waals surface area contributed by atoms with Crippen molar-refractivity contribution in [2.24, 2.45) is 0 Å². The van der Waals surface area contributed by atoms with Gasteiger partial charge in [0.25, 0.3) is 5.91 Å². The molecular weight excluding hydrogens is 366 g/mol. The second-order valence-corrected chi connectivity index (χ2v) is 7.54. The van der Waals surface area contributed by atoms with E-state index >= 15 is 0 Å². The Bertz CT molecular complexity index is 796. The minimum absolute atomic E-state index is 0.204. The fraction of sp³-hybridized carbons (Fsp3) is 0.474. The first-order chi connectivity index (χ1) is 13.0. The lowest BCUT2D eigenvalue weighted by atomic mass is 10.2. The number of carbonyl (C=O) groups excluding carboxylic acids is 2. The number of aryl methyl sites for hydroxylation is 2. The van der Waals surface area contributed by atoms with Crippen molar-refractivity contribution in [3.8, 4) is 0 Å². The molecule has 1 aliphatic rings. The summed E-state index contributed by atoms with van der Waals surface area (Å²) < 4.78 is 10.4. The molecule has 0 radical (unpaired) electrons. The molecule has 0 saturated heterocycles. The Morgan fingerprint density at radius 2 is 2.11 bits per heavy atom. The van der Waals surface area contributed by atoms with Crippen molar-refractivity contribution in [2.75, 3.05) is 6.61 Å². The molecule has 144 valence electrons. The minimum Gasteiger partial charge on any atom is -0.452 e. The Labute approximate surface area is 162 Å². The maximum absolute atomic E-state index is 12.4. The summed E-state index contributed by atoms with van der Waals surface area (Å²) in [7, 11) is 0. The molecule has 1 saturated carbocycles. The van der Waals surface area contributed by atoms with Crippen molar-refractivity contribution >= 4 is 23.6 Å². The van der Waals surface area contributed by atoms with Crippen LogP contribution in [0.25, 0.3) is 0 Å². The van der Waals surface area contributed by atoms with Crippen molar-refractivity contribution < 1.29 is 18.8 Å². The molecule has 2 aromatic rings. The molecule has 0 unspecified atom stereocenters. The summed E-state index contributed by atoms with van der Waals surface area (Å²) in [4.78, 5) is 28.6. The molecule has 0 bridgehead atoms. The highest BCUT2D eigenvalue weighted by molar-refractivity contribution is 7.98. The van der Waals surface area contributed by atoms with Crippen molar-refractivity contribution in [1.29, 1.82) is 0 Å². The number of hydrogen-bond acceptors (Lipinski definition) is 7. The summed E-state index contributed by atoms with van der Waals surface area (Å²) in [5.41, 5.74) is 2.16. The molecule has 1 fully saturated rings. The van der Waals surface area contributed by atoms with E-state index in [1.54, 1.807) is 18.3 Å². The molecular formula is C19H23N3O4S. The molecule has 0 aromatic carbocycles. The van der Waals surface area contributed by atoms with Crippen LogP contribution in [0.2, 0.25) is 0 Å². The summed E-state index contributed by atoms with van der Waals surface area (Å²) in [6.45, 7) is 3.45. The van der Waals surface area contributed by atoms with Gasteiger partial charge in [-0.25, -0.2) is 9.78 Å². The van der Waals surface area contributed by atoms with Crippen molar-refractivity contribution in [3.05, 3.63) is 40.9 Å². The minimum atomic E-state index is -0.550. The molecule has 2 heterocycles. The zero-order valence-electron chi connectivity index (χ0n) is 15.5. The Kier molecular flexibility index (Phi) is 6.49. The molecule has 1 amide bonds. The number of ether oxygens (including phenoxy) is 1. The number of nitrogens with zero attached hydrogens (tertiary/aromatic N) is 2. The predicted octanol–water partition coefficient (Wildman–Crippen LogP) is 3.19. The fourth-order valence-electron chi connectivity index (χ4n) is 3.06. The summed E-state index contributed by atoms with van der Waals surface area (Å²) >= 11 is 1.41. The average molecular weight is 389 g/mol. The first kappa shape index (κ1) is 19.4. The van der Waals surface area contributed by atoms with Gasteiger partial charge in [0.15, 0.2) is 6.61 Å². The normalized spacial score (nSPS) is 14.3. The van der Waals surface area contributed by atoms with Gasteiger partial charge in [-0.2, -0.15) is 0 Å². The number of rotatable bonds is 7. The van der Waals surface area contributed by atoms with Gasteiger partial charge in [0.2, 0.25) is 0 Å². The average Bonchev–Trinajstić information content (AvgIpc) is 3.28. The maximum Gasteiger partial charge on any atom is 0.341 e. The molecule has 27 heavy (non-hydrogen) atoms. The lowest BCUT2D eigenvalue weighted by molar-refractivity contribution is -0.124. The van der Waals surface area contributed by atoms with Crippen LogP contribution in [0.3, 0.4) is 0 Å². The van der Waals surface area contributed by atoms with Crippen LogP contribution in [0.15, 0.2) is 27.9 Å². The van der Waals surface area contributed by atoms with Gasteiger partial charge < -0.3 is 14.6 Å². The number of pyridine rings is 1. The summed E-state index contributed by atoms with van der Waals surface area (Å²) in [5, 5.41) is 7.39. The standard InChI is InChI=1S/C19H23N3O4S/c1-12-16(13(2)26-22-12)11-27-18-15(8-5-9-20-18)19(24)25-10-17(23)21-14-6-3-4-7-14/h5,8-9,14H,3-4,6-7,10-11H2,1-2H3,(H,21,23). The number of thioether (sulfide) groups is 1. The zero-order chi connectivity index (χ0) is 19.2. The molecule has 7 nitrogen and oxygen atoms in total. The van der Waals surface area contributed by atoms with Crippen molar-refractivity contribution in [3.63, 3.8) is 0 Å². The molecule has 0 spiro atoms. The Balaban J connectivity index is 1.57. The van der Waals surface area contributed by atoms with Crippen LogP contribution in [-0.4, -0.2) is 34.7 Å². The van der Waals surface area contributed by atoms with E-state index in [-0.39, 0.29) is 18.6 Å². The third kappa shape index (κ3) is 5.09. The topological polar surface area (TPSA) is 94.3 Å². The lowest BCUT2D eigenvalue weighted by Crippen LogP contribution is -2.35. The number of aromatic nitrogens is 2. The van der Waals surface area contributed by atoms with Gasteiger partial charge >= 0.3 is 5.97 Å². The van der Waals surface area contributed by atoms with E-state index < -0.39 is 5.97 Å². The first-order valence-electron chi connectivity index (χ1n) is 9.00. The van der Waals surface area contributed by atoms with Crippen LogP contribution >= 0.6 is 11.8 Å². The van der Waals surface area contributed by atoms with E-state index in [0.29, 0.717) is 16.3 Å². The van der Waals surface area contributed by atoms with Crippen LogP contribution < -0.4 is 5.32 Å². The second kappa shape index (κ2) is 9.03. The van der Waals surface area contributed by atoms with Gasteiger partial charge in [0.1, 0.15) is 10.8 Å². The zero-order valence-corrected chi connectivity index (χ0v) is 16.3. The quantitative estimate of drug-likeness (QED) is 0.574. The van der Waals surface area contributed by atoms with Gasteiger partial charge in [-0.15, -0.1) is 11.8 Å². The van der Waals surface area contributed by atoms with E-state index in [0.717, 1.165) is 42.7 Å². The van der Waals surface area contributed by atoms with Crippen LogP contribution in [0, 0.1) is 13.8 Å². The number of nitrogens with one attached hydrogen (secondary N) is 1. The number of esters is 1. The van der Waals surface area contributed by atoms with Crippen molar-refractivity contribution in [1.82, 2.24) is 15.5 Å². The second-order valence-electron chi connectivity index (χ2n) is 6.57. The molecule has 0 aliphatic heterocycles. The van der Waals surface area contributed by atoms with Crippen LogP contribution in [0.1, 0.15) is 53.1 Å². The van der Waals surface area contributed by atoms with Gasteiger partial charge in [0.05, 0.1) is 11.3 Å². The van der Waals surface area contributed by atoms with Gasteiger partial charge in [-0.3, -0.25) is 4.79 Å². The summed E-state index contributed by atoms with van der Waals surface area (Å²) in [5.74, 6) is 0.527. The highest BCUT2D eigenvalue weighted by atomic mass is 32.2. The van der Waals surface area contributed by atoms with Crippen molar-refractivity contribution in [2.45, 2.75) is 56.4 Å². The first-order valence-corrected chi connectivity index (χ1v) is 9.99. The Morgan fingerprint density at radius 1 is 1.33 bits per heavy atom. The molecule has 8 heteroatoms. The van der Waals surface area contributed by atoms with E-state index in [1.165, 1.54) is 11.8 Å². The Hall–Kier alpha value is -2.35. The smallest absolute Gasteiger partial charge is 0.341 e. The number of carbonyl (C=O) groups is 2. The predicted molar refractivity (Wildman–Crippen MR) is 100 cm³/mol. The number of amides is 1. The summed E-state index contributed by atoms with van der Waals surface area (Å²) in [6.07, 6.45) is 5.87. The summed E-state index contributed by atoms with van der Waals surface area (Å²) in [6, 6.07) is 3.53. The highest BCUT2D eigenvalue weighted by Crippen LogP contribution is 2.27. The van der Waals surface area contributed by atoms with E-state index in [9.17, 15) is 9.59 Å². The van der Waals surface area contributed by atoms with Crippen LogP contribution in [0.4, 0.5) is 0 Å².